The van der Waals surface area contributed by atoms with Crippen molar-refractivity contribution < 1.29 is 13.6 Å². The van der Waals surface area contributed by atoms with Gasteiger partial charge in [-0.3, -0.25) is 18.6 Å². The third-order valence-corrected chi connectivity index (χ3v) is 6.12. The highest BCUT2D eigenvalue weighted by Crippen LogP contribution is 2.25. The van der Waals surface area contributed by atoms with Gasteiger partial charge in [0.2, 0.25) is 5.65 Å². The molecular weight excluding hydrogens is 422 g/mol. The highest BCUT2D eigenvalue weighted by Gasteiger charge is 2.21. The van der Waals surface area contributed by atoms with Crippen molar-refractivity contribution in [3.05, 3.63) is 87.5 Å². The Labute approximate surface area is 180 Å². The molecule has 2 aromatic heterocycles. The number of carbonyl (C=O) groups excluding carboxylic acids is 1. The highest BCUT2D eigenvalue weighted by molar-refractivity contribution is 8.00. The maximum Gasteiger partial charge on any atom is 0.300 e. The normalized spacial score (nSPS) is 12.3. The molecule has 0 N–H and O–H groups in total. The molecule has 0 radical (unpaired) electrons. The first-order chi connectivity index (χ1) is 14.8. The van der Waals surface area contributed by atoms with Gasteiger partial charge in [0.25, 0.3) is 0 Å². The Morgan fingerprint density at radius 1 is 1.00 bits per heavy atom. The van der Waals surface area contributed by atoms with E-state index < -0.39 is 22.4 Å². The molecule has 0 spiro atoms. The number of aromatic nitrogens is 4. The minimum atomic E-state index is -1.05. The van der Waals surface area contributed by atoms with Gasteiger partial charge in [-0.15, -0.1) is 10.2 Å². The topological polar surface area (TPSA) is 69.3 Å². The SMILES string of the molecule is Cc1ccc(C(=O)C(C)Sc2nnc3c(=O)n(-c4ccc(F)c(F)c4)ccn23)cc1C. The van der Waals surface area contributed by atoms with Gasteiger partial charge in [0.1, 0.15) is 0 Å². The van der Waals surface area contributed by atoms with Crippen LogP contribution >= 0.6 is 11.8 Å². The Morgan fingerprint density at radius 2 is 1.77 bits per heavy atom. The number of hydrogen-bond acceptors (Lipinski definition) is 5. The van der Waals surface area contributed by atoms with E-state index in [1.165, 1.54) is 28.4 Å². The Bertz CT molecular complexity index is 1380. The molecule has 4 aromatic rings. The average molecular weight is 440 g/mol. The lowest BCUT2D eigenvalue weighted by Gasteiger charge is -2.11. The zero-order valence-electron chi connectivity index (χ0n) is 17.0. The smallest absolute Gasteiger partial charge is 0.293 e. The minimum Gasteiger partial charge on any atom is -0.293 e. The Kier molecular flexibility index (Phi) is 5.45. The number of thioether (sulfide) groups is 1. The first-order valence-electron chi connectivity index (χ1n) is 9.46. The molecule has 6 nitrogen and oxygen atoms in total. The van der Waals surface area contributed by atoms with E-state index in [1.54, 1.807) is 19.2 Å². The zero-order valence-corrected chi connectivity index (χ0v) is 17.8. The number of hydrogen-bond donors (Lipinski definition) is 0. The predicted molar refractivity (Wildman–Crippen MR) is 114 cm³/mol. The number of nitrogens with zero attached hydrogens (tertiary/aromatic N) is 4. The van der Waals surface area contributed by atoms with Crippen LogP contribution in [0.15, 0.2) is 58.7 Å². The van der Waals surface area contributed by atoms with Crippen molar-refractivity contribution in [1.82, 2.24) is 19.2 Å². The van der Waals surface area contributed by atoms with Gasteiger partial charge in [-0.25, -0.2) is 8.78 Å². The summed E-state index contributed by atoms with van der Waals surface area (Å²) in [5.74, 6) is -2.11. The molecule has 9 heteroatoms. The van der Waals surface area contributed by atoms with Crippen LogP contribution in [-0.4, -0.2) is 30.2 Å². The van der Waals surface area contributed by atoms with E-state index in [2.05, 4.69) is 10.2 Å². The van der Waals surface area contributed by atoms with Crippen LogP contribution in [0.25, 0.3) is 11.3 Å². The van der Waals surface area contributed by atoms with E-state index in [9.17, 15) is 18.4 Å². The molecule has 0 saturated carbocycles. The molecule has 0 amide bonds. The number of benzene rings is 2. The Morgan fingerprint density at radius 3 is 2.48 bits per heavy atom. The van der Waals surface area contributed by atoms with Crippen molar-refractivity contribution in [2.75, 3.05) is 0 Å². The quantitative estimate of drug-likeness (QED) is 0.345. The van der Waals surface area contributed by atoms with E-state index >= 15 is 0 Å². The fourth-order valence-electron chi connectivity index (χ4n) is 3.13. The molecule has 0 fully saturated rings. The lowest BCUT2D eigenvalue weighted by atomic mass is 10.0. The largest absolute Gasteiger partial charge is 0.300 e. The van der Waals surface area contributed by atoms with Crippen molar-refractivity contribution in [2.45, 2.75) is 31.2 Å². The summed E-state index contributed by atoms with van der Waals surface area (Å²) in [4.78, 5) is 25.6. The summed E-state index contributed by atoms with van der Waals surface area (Å²) < 4.78 is 29.4. The lowest BCUT2D eigenvalue weighted by Crippen LogP contribution is -2.20. The van der Waals surface area contributed by atoms with Gasteiger partial charge >= 0.3 is 5.56 Å². The van der Waals surface area contributed by atoms with Gasteiger partial charge < -0.3 is 0 Å². The molecule has 2 heterocycles. The summed E-state index contributed by atoms with van der Waals surface area (Å²) >= 11 is 1.19. The number of rotatable bonds is 5. The van der Waals surface area contributed by atoms with Crippen molar-refractivity contribution in [1.29, 1.82) is 0 Å². The van der Waals surface area contributed by atoms with Gasteiger partial charge in [-0.2, -0.15) is 0 Å². The predicted octanol–water partition coefficient (Wildman–Crippen LogP) is 4.14. The van der Waals surface area contributed by atoms with Gasteiger partial charge in [-0.1, -0.05) is 23.9 Å². The fraction of sp³-hybridized carbons (Fsp3) is 0.182. The summed E-state index contributed by atoms with van der Waals surface area (Å²) in [6.07, 6.45) is 2.97. The van der Waals surface area contributed by atoms with Crippen LogP contribution in [0.5, 0.6) is 0 Å². The second-order valence-electron chi connectivity index (χ2n) is 7.17. The monoisotopic (exact) mass is 440 g/mol. The number of aryl methyl sites for hydroxylation is 2. The second-order valence-corrected chi connectivity index (χ2v) is 8.48. The second kappa shape index (κ2) is 8.07. The van der Waals surface area contributed by atoms with E-state index in [4.69, 9.17) is 0 Å². The standard InChI is InChI=1S/C22H18F2N4O2S/c1-12-4-5-15(10-13(12)2)19(29)14(3)31-22-26-25-20-21(30)27(8-9-28(20)22)16-6-7-17(23)18(24)11-16/h4-11,14H,1-3H3. The Hall–Kier alpha value is -3.33. The summed E-state index contributed by atoms with van der Waals surface area (Å²) in [6, 6.07) is 8.75. The lowest BCUT2D eigenvalue weighted by molar-refractivity contribution is 0.0993. The van der Waals surface area contributed by atoms with E-state index in [0.29, 0.717) is 10.7 Å². The van der Waals surface area contributed by atoms with Crippen LogP contribution in [-0.2, 0) is 0 Å². The van der Waals surface area contributed by atoms with Crippen LogP contribution in [0, 0.1) is 25.5 Å². The molecule has 2 aromatic carbocycles. The molecule has 0 aliphatic carbocycles. The maximum absolute atomic E-state index is 13.6. The molecule has 1 atom stereocenters. The van der Waals surface area contributed by atoms with Crippen molar-refractivity contribution >= 4 is 23.2 Å². The van der Waals surface area contributed by atoms with Gasteiger partial charge in [0.05, 0.1) is 10.9 Å². The van der Waals surface area contributed by atoms with Gasteiger partial charge in [0, 0.05) is 24.0 Å². The maximum atomic E-state index is 13.6. The number of Topliss-reactive ketones (excluding diaryl/α,β-unsaturated/α-hetero) is 1. The molecule has 0 bridgehead atoms. The summed E-state index contributed by atoms with van der Waals surface area (Å²) in [6.45, 7) is 5.71. The number of ketones is 1. The summed E-state index contributed by atoms with van der Waals surface area (Å²) in [5, 5.41) is 7.91. The molecule has 158 valence electrons. The third-order valence-electron chi connectivity index (χ3n) is 5.06. The number of halogens is 2. The summed E-state index contributed by atoms with van der Waals surface area (Å²) in [5.41, 5.74) is 2.40. The van der Waals surface area contributed by atoms with Crippen molar-refractivity contribution in [3.8, 4) is 5.69 Å². The van der Waals surface area contributed by atoms with Crippen molar-refractivity contribution in [3.63, 3.8) is 0 Å². The fourth-order valence-corrected chi connectivity index (χ4v) is 4.03. The molecule has 4 rings (SSSR count). The van der Waals surface area contributed by atoms with Crippen LogP contribution in [0.3, 0.4) is 0 Å². The molecule has 0 saturated heterocycles. The first kappa shape index (κ1) is 20.9. The van der Waals surface area contributed by atoms with Gasteiger partial charge in [0.15, 0.2) is 22.6 Å². The number of fused-ring (bicyclic) bond motifs is 1. The zero-order chi connectivity index (χ0) is 22.3. The highest BCUT2D eigenvalue weighted by atomic mass is 32.2. The van der Waals surface area contributed by atoms with Crippen LogP contribution < -0.4 is 5.56 Å². The molecule has 31 heavy (non-hydrogen) atoms. The third kappa shape index (κ3) is 3.88. The molecule has 1 unspecified atom stereocenters. The van der Waals surface area contributed by atoms with Crippen LogP contribution in [0.2, 0.25) is 0 Å². The van der Waals surface area contributed by atoms with Gasteiger partial charge in [-0.05, 0) is 50.1 Å². The minimum absolute atomic E-state index is 0.0144. The first-order valence-corrected chi connectivity index (χ1v) is 10.3. The van der Waals surface area contributed by atoms with E-state index in [1.807, 2.05) is 26.0 Å². The molecule has 0 aliphatic heterocycles. The molecular formula is C22H18F2N4O2S. The van der Waals surface area contributed by atoms with Crippen LogP contribution in [0.4, 0.5) is 8.78 Å². The van der Waals surface area contributed by atoms with E-state index in [-0.39, 0.29) is 17.1 Å². The van der Waals surface area contributed by atoms with E-state index in [0.717, 1.165) is 27.8 Å². The average Bonchev–Trinajstić information content (AvgIpc) is 3.15. The molecule has 0 aliphatic rings. The van der Waals surface area contributed by atoms with Crippen LogP contribution in [0.1, 0.15) is 28.4 Å². The number of carbonyl (C=O) groups is 1. The van der Waals surface area contributed by atoms with Crippen molar-refractivity contribution in [2.24, 2.45) is 0 Å². The Balaban J connectivity index is 1.64. The summed E-state index contributed by atoms with van der Waals surface area (Å²) in [7, 11) is 0.